The summed E-state index contributed by atoms with van der Waals surface area (Å²) in [5.41, 5.74) is 3.56. The van der Waals surface area contributed by atoms with E-state index in [1.165, 1.54) is 16.8 Å². The van der Waals surface area contributed by atoms with Crippen LogP contribution in [0.25, 0.3) is 11.8 Å². The van der Waals surface area contributed by atoms with Crippen LogP contribution in [0.1, 0.15) is 23.9 Å². The molecule has 0 fully saturated rings. The summed E-state index contributed by atoms with van der Waals surface area (Å²) in [7, 11) is 0. The summed E-state index contributed by atoms with van der Waals surface area (Å²) < 4.78 is 1.97. The molecule has 142 valence electrons. The maximum atomic E-state index is 12.5. The Bertz CT molecular complexity index is 1150. The van der Waals surface area contributed by atoms with Crippen LogP contribution in [0.15, 0.2) is 39.9 Å². The Morgan fingerprint density at radius 2 is 1.96 bits per heavy atom. The van der Waals surface area contributed by atoms with Crippen molar-refractivity contribution in [1.82, 2.24) is 9.58 Å². The number of fused-ring (bicyclic) bond motifs is 1. The van der Waals surface area contributed by atoms with E-state index in [-0.39, 0.29) is 11.4 Å². The third kappa shape index (κ3) is 2.99. The number of hydrazone groups is 1. The molecule has 0 bridgehead atoms. The van der Waals surface area contributed by atoms with Gasteiger partial charge in [-0.05, 0) is 62.4 Å². The van der Waals surface area contributed by atoms with Crippen molar-refractivity contribution in [2.75, 3.05) is 0 Å². The van der Waals surface area contributed by atoms with E-state index in [2.05, 4.69) is 10.1 Å². The Balaban J connectivity index is 1.81. The van der Waals surface area contributed by atoms with Gasteiger partial charge in [0.25, 0.3) is 5.91 Å². The first-order valence-corrected chi connectivity index (χ1v) is 9.95. The fourth-order valence-electron chi connectivity index (χ4n) is 3.21. The number of benzene rings is 1. The van der Waals surface area contributed by atoms with Crippen LogP contribution in [0, 0.1) is 19.3 Å². The second kappa shape index (κ2) is 6.92. The summed E-state index contributed by atoms with van der Waals surface area (Å²) in [4.78, 5) is 16.6. The third-order valence-corrected chi connectivity index (χ3v) is 6.13. The average Bonchev–Trinajstić information content (AvgIpc) is 3.13. The lowest BCUT2D eigenvalue weighted by Gasteiger charge is -2.20. The normalized spacial score (nSPS) is 17.9. The van der Waals surface area contributed by atoms with Crippen LogP contribution in [-0.2, 0) is 4.79 Å². The maximum absolute atomic E-state index is 12.5. The van der Waals surface area contributed by atoms with Crippen molar-refractivity contribution < 1.29 is 4.79 Å². The molecular weight excluding hydrogens is 417 g/mol. The Hall–Kier alpha value is -2.35. The number of hydrogen-bond donors (Lipinski definition) is 1. The standard InChI is InChI=1S/C19H15Cl2N5OS/c1-9-7-12(10(2)25(9)15-6-4-5-14(20)16(15)21)8-13-17(22)26-19(23-18(13)27)28-11(3)24-26/h4-8,22H,1-3H3. The number of halogens is 2. The monoisotopic (exact) mass is 431 g/mol. The van der Waals surface area contributed by atoms with Crippen molar-refractivity contribution in [3.63, 3.8) is 0 Å². The van der Waals surface area contributed by atoms with Crippen LogP contribution in [-0.4, -0.2) is 31.5 Å². The highest BCUT2D eigenvalue weighted by Crippen LogP contribution is 2.33. The predicted molar refractivity (Wildman–Crippen MR) is 116 cm³/mol. The second-order valence-corrected chi connectivity index (χ2v) is 8.32. The summed E-state index contributed by atoms with van der Waals surface area (Å²) in [6, 6.07) is 7.39. The van der Waals surface area contributed by atoms with E-state index in [0.717, 1.165) is 27.7 Å². The minimum atomic E-state index is -0.445. The van der Waals surface area contributed by atoms with Crippen molar-refractivity contribution in [2.24, 2.45) is 10.1 Å². The molecule has 0 atom stereocenters. The van der Waals surface area contributed by atoms with Gasteiger partial charge in [-0.25, -0.2) is 0 Å². The smallest absolute Gasteiger partial charge is 0.283 e. The highest BCUT2D eigenvalue weighted by Gasteiger charge is 2.34. The molecular formula is C19H15Cl2N5OS. The number of amidine groups is 2. The van der Waals surface area contributed by atoms with Gasteiger partial charge in [0.15, 0.2) is 5.84 Å². The molecule has 1 N–H and O–H groups in total. The number of amides is 1. The van der Waals surface area contributed by atoms with Gasteiger partial charge in [-0.3, -0.25) is 10.2 Å². The molecule has 9 heteroatoms. The van der Waals surface area contributed by atoms with Crippen LogP contribution in [0.3, 0.4) is 0 Å². The largest absolute Gasteiger partial charge is 0.316 e. The number of thioether (sulfide) groups is 1. The van der Waals surface area contributed by atoms with Crippen LogP contribution in [0.4, 0.5) is 0 Å². The van der Waals surface area contributed by atoms with Crippen molar-refractivity contribution in [1.29, 1.82) is 5.41 Å². The van der Waals surface area contributed by atoms with Crippen LogP contribution in [0.5, 0.6) is 0 Å². The van der Waals surface area contributed by atoms with Gasteiger partial charge >= 0.3 is 0 Å². The van der Waals surface area contributed by atoms with E-state index in [1.54, 1.807) is 12.1 Å². The molecule has 0 spiro atoms. The first kappa shape index (κ1) is 19.0. The van der Waals surface area contributed by atoms with E-state index in [4.69, 9.17) is 28.6 Å². The zero-order chi connectivity index (χ0) is 20.2. The molecule has 0 unspecified atom stereocenters. The van der Waals surface area contributed by atoms with Gasteiger partial charge < -0.3 is 4.57 Å². The van der Waals surface area contributed by atoms with Crippen LogP contribution in [0.2, 0.25) is 10.0 Å². The molecule has 3 heterocycles. The molecule has 1 aromatic heterocycles. The Kier molecular flexibility index (Phi) is 4.69. The minimum absolute atomic E-state index is 0.0185. The Morgan fingerprint density at radius 1 is 1.21 bits per heavy atom. The minimum Gasteiger partial charge on any atom is -0.316 e. The van der Waals surface area contributed by atoms with Gasteiger partial charge in [0.2, 0.25) is 5.17 Å². The fraction of sp³-hybridized carbons (Fsp3) is 0.158. The lowest BCUT2D eigenvalue weighted by atomic mass is 10.1. The number of nitrogens with zero attached hydrogens (tertiary/aromatic N) is 4. The molecule has 2 aromatic rings. The molecule has 2 aliphatic rings. The van der Waals surface area contributed by atoms with Gasteiger partial charge in [-0.1, -0.05) is 29.3 Å². The first-order valence-electron chi connectivity index (χ1n) is 8.38. The van der Waals surface area contributed by atoms with E-state index in [1.807, 2.05) is 43.5 Å². The summed E-state index contributed by atoms with van der Waals surface area (Å²) in [5.74, 6) is -0.427. The Morgan fingerprint density at radius 3 is 2.71 bits per heavy atom. The van der Waals surface area contributed by atoms with Crippen molar-refractivity contribution in [3.8, 4) is 5.69 Å². The summed E-state index contributed by atoms with van der Waals surface area (Å²) in [5, 5.41) is 16.1. The van der Waals surface area contributed by atoms with Crippen LogP contribution < -0.4 is 0 Å². The average molecular weight is 432 g/mol. The van der Waals surface area contributed by atoms with E-state index >= 15 is 0 Å². The van der Waals surface area contributed by atoms with E-state index < -0.39 is 5.91 Å². The molecule has 0 radical (unpaired) electrons. The lowest BCUT2D eigenvalue weighted by Crippen LogP contribution is -2.35. The number of carbonyl (C=O) groups is 1. The maximum Gasteiger partial charge on any atom is 0.283 e. The van der Waals surface area contributed by atoms with Gasteiger partial charge in [0.1, 0.15) is 0 Å². The molecule has 1 aromatic carbocycles. The number of aryl methyl sites for hydroxylation is 1. The van der Waals surface area contributed by atoms with Gasteiger partial charge in [0.05, 0.1) is 26.3 Å². The molecule has 2 aliphatic heterocycles. The number of carbonyl (C=O) groups excluding carboxylic acids is 1. The van der Waals surface area contributed by atoms with Crippen LogP contribution >= 0.6 is 35.0 Å². The number of hydrogen-bond acceptors (Lipinski definition) is 4. The summed E-state index contributed by atoms with van der Waals surface area (Å²) >= 11 is 13.8. The number of aromatic nitrogens is 1. The van der Waals surface area contributed by atoms with Gasteiger partial charge in [-0.15, -0.1) is 0 Å². The molecule has 6 nitrogen and oxygen atoms in total. The summed E-state index contributed by atoms with van der Waals surface area (Å²) in [6.07, 6.45) is 1.68. The topological polar surface area (TPSA) is 73.8 Å². The molecule has 28 heavy (non-hydrogen) atoms. The number of rotatable bonds is 2. The molecule has 4 rings (SSSR count). The molecule has 0 saturated heterocycles. The number of aliphatic imine (C=N–C) groups is 1. The second-order valence-electron chi connectivity index (χ2n) is 6.37. The lowest BCUT2D eigenvalue weighted by molar-refractivity contribution is -0.114. The quantitative estimate of drug-likeness (QED) is 0.676. The Labute approximate surface area is 176 Å². The van der Waals surface area contributed by atoms with Crippen molar-refractivity contribution in [2.45, 2.75) is 20.8 Å². The highest BCUT2D eigenvalue weighted by atomic mass is 35.5. The van der Waals surface area contributed by atoms with Gasteiger partial charge in [-0.2, -0.15) is 15.1 Å². The van der Waals surface area contributed by atoms with Crippen molar-refractivity contribution >= 4 is 63.0 Å². The zero-order valence-corrected chi connectivity index (χ0v) is 17.6. The highest BCUT2D eigenvalue weighted by molar-refractivity contribution is 8.26. The first-order chi connectivity index (χ1) is 13.3. The zero-order valence-electron chi connectivity index (χ0n) is 15.2. The molecule has 0 aliphatic carbocycles. The molecule has 1 amide bonds. The third-order valence-electron chi connectivity index (χ3n) is 4.50. The van der Waals surface area contributed by atoms with E-state index in [0.29, 0.717) is 15.2 Å². The van der Waals surface area contributed by atoms with Crippen molar-refractivity contribution in [3.05, 3.63) is 56.8 Å². The molecule has 0 saturated carbocycles. The SMILES string of the molecule is CC1=NN2C(=N)C(=Cc3cc(C)n(-c4cccc(Cl)c4Cl)c3C)C(=O)N=C2S1. The number of nitrogens with one attached hydrogen (secondary N) is 1. The van der Waals surface area contributed by atoms with E-state index in [9.17, 15) is 4.79 Å². The summed E-state index contributed by atoms with van der Waals surface area (Å²) in [6.45, 7) is 5.69. The fourth-order valence-corrected chi connectivity index (χ4v) is 4.33. The van der Waals surface area contributed by atoms with Gasteiger partial charge in [0, 0.05) is 11.4 Å². The predicted octanol–water partition coefficient (Wildman–Crippen LogP) is 5.04.